The fraction of sp³-hybridized carbons (Fsp3) is 0. The van der Waals surface area contributed by atoms with Gasteiger partial charge >= 0.3 is 0 Å². The molecule has 2 aromatic rings. The van der Waals surface area contributed by atoms with Crippen molar-refractivity contribution in [3.05, 3.63) is 49.6 Å². The van der Waals surface area contributed by atoms with E-state index in [0.717, 1.165) is 12.1 Å². The molecule has 0 aliphatic rings. The van der Waals surface area contributed by atoms with Gasteiger partial charge in [-0.3, -0.25) is 10.1 Å². The molecule has 6 nitrogen and oxygen atoms in total. The zero-order chi connectivity index (χ0) is 14.0. The number of benzene rings is 1. The normalized spacial score (nSPS) is 10.3. The molecule has 2 rings (SSSR count). The predicted molar refractivity (Wildman–Crippen MR) is 70.2 cm³/mol. The monoisotopic (exact) mass is 319 g/mol. The van der Waals surface area contributed by atoms with E-state index >= 15 is 0 Å². The molecule has 9 heteroatoms. The van der Waals surface area contributed by atoms with Crippen molar-refractivity contribution in [2.75, 3.05) is 0 Å². The Morgan fingerprint density at radius 2 is 1.74 bits per heavy atom. The van der Waals surface area contributed by atoms with E-state index in [1.165, 1.54) is 12.1 Å². The first-order chi connectivity index (χ1) is 8.97. The number of non-ortho nitro benzene ring substituents is 1. The molecule has 0 atom stereocenters. The maximum absolute atomic E-state index is 10.6. The fourth-order valence-corrected chi connectivity index (χ4v) is 1.87. The Labute approximate surface area is 122 Å². The van der Waals surface area contributed by atoms with Gasteiger partial charge in [-0.05, 0) is 6.07 Å². The number of nitro groups is 1. The Morgan fingerprint density at radius 1 is 1.11 bits per heavy atom. The van der Waals surface area contributed by atoms with Gasteiger partial charge in [0.25, 0.3) is 5.69 Å². The van der Waals surface area contributed by atoms with E-state index in [4.69, 9.17) is 39.5 Å². The molecule has 0 saturated carbocycles. The van der Waals surface area contributed by atoms with Gasteiger partial charge in [-0.25, -0.2) is 0 Å². The molecular weight excluding hydrogens is 316 g/mol. The molecule has 0 saturated heterocycles. The topological polar surface area (TPSA) is 78.2 Å². The van der Waals surface area contributed by atoms with Crippen LogP contribution in [0.3, 0.4) is 0 Å². The minimum absolute atomic E-state index is 0.00375. The van der Waals surface area contributed by atoms with Crippen molar-refractivity contribution in [1.29, 1.82) is 0 Å². The number of nitrogens with zero attached hydrogens (tertiary/aromatic N) is 3. The van der Waals surface area contributed by atoms with Crippen molar-refractivity contribution >= 4 is 40.5 Å². The average molecular weight is 321 g/mol. The van der Waals surface area contributed by atoms with Crippen LogP contribution in [0.15, 0.2) is 24.3 Å². The van der Waals surface area contributed by atoms with E-state index < -0.39 is 4.92 Å². The maximum atomic E-state index is 10.6. The SMILES string of the molecule is O=[N+]([O-])c1cc(Cl)c(Oc2ccc(Cl)nn2)c(Cl)c1. The maximum Gasteiger partial charge on any atom is 0.272 e. The summed E-state index contributed by atoms with van der Waals surface area (Å²) in [4.78, 5) is 10.0. The standard InChI is InChI=1S/C10H4Cl3N3O3/c11-6-3-5(16(17)18)4-7(12)10(6)19-9-2-1-8(13)14-15-9/h1-4H. The van der Waals surface area contributed by atoms with Crippen molar-refractivity contribution in [2.24, 2.45) is 0 Å². The Morgan fingerprint density at radius 3 is 2.21 bits per heavy atom. The molecule has 1 heterocycles. The lowest BCUT2D eigenvalue weighted by Crippen LogP contribution is -1.94. The predicted octanol–water partition coefficient (Wildman–Crippen LogP) is 4.14. The quantitative estimate of drug-likeness (QED) is 0.627. The largest absolute Gasteiger partial charge is 0.434 e. The van der Waals surface area contributed by atoms with E-state index in [2.05, 4.69) is 10.2 Å². The van der Waals surface area contributed by atoms with E-state index in [-0.39, 0.29) is 32.5 Å². The van der Waals surface area contributed by atoms with Crippen molar-refractivity contribution in [3.8, 4) is 11.6 Å². The molecule has 0 amide bonds. The highest BCUT2D eigenvalue weighted by molar-refractivity contribution is 6.37. The summed E-state index contributed by atoms with van der Waals surface area (Å²) in [6.45, 7) is 0. The van der Waals surface area contributed by atoms with Crippen LogP contribution in [0, 0.1) is 10.1 Å². The third-order valence-electron chi connectivity index (χ3n) is 2.01. The second kappa shape index (κ2) is 5.56. The molecule has 98 valence electrons. The zero-order valence-electron chi connectivity index (χ0n) is 9.01. The minimum atomic E-state index is -0.608. The van der Waals surface area contributed by atoms with Crippen LogP contribution in [0.2, 0.25) is 15.2 Å². The van der Waals surface area contributed by atoms with Gasteiger partial charge in [0.2, 0.25) is 5.88 Å². The zero-order valence-corrected chi connectivity index (χ0v) is 11.3. The van der Waals surface area contributed by atoms with Gasteiger partial charge in [0.05, 0.1) is 15.0 Å². The average Bonchev–Trinajstić information content (AvgIpc) is 2.35. The summed E-state index contributed by atoms with van der Waals surface area (Å²) in [7, 11) is 0. The fourth-order valence-electron chi connectivity index (χ4n) is 1.21. The molecule has 0 aliphatic heterocycles. The van der Waals surface area contributed by atoms with Gasteiger partial charge < -0.3 is 4.74 Å². The van der Waals surface area contributed by atoms with Crippen LogP contribution < -0.4 is 4.74 Å². The molecule has 1 aromatic heterocycles. The smallest absolute Gasteiger partial charge is 0.272 e. The summed E-state index contributed by atoms with van der Waals surface area (Å²) in [5.74, 6) is 0.174. The Bertz CT molecular complexity index is 611. The number of hydrogen-bond acceptors (Lipinski definition) is 5. The third kappa shape index (κ3) is 3.23. The van der Waals surface area contributed by atoms with E-state index in [9.17, 15) is 10.1 Å². The van der Waals surface area contributed by atoms with Gasteiger partial charge in [0.1, 0.15) is 0 Å². The summed E-state index contributed by atoms with van der Waals surface area (Å²) in [5, 5.41) is 18.1. The van der Waals surface area contributed by atoms with Crippen LogP contribution >= 0.6 is 34.8 Å². The summed E-state index contributed by atoms with van der Waals surface area (Å²) in [5.41, 5.74) is -0.232. The van der Waals surface area contributed by atoms with Crippen LogP contribution in [0.1, 0.15) is 0 Å². The molecule has 19 heavy (non-hydrogen) atoms. The van der Waals surface area contributed by atoms with Gasteiger partial charge in [0, 0.05) is 18.2 Å². The first-order valence-electron chi connectivity index (χ1n) is 4.78. The van der Waals surface area contributed by atoms with Crippen molar-refractivity contribution in [3.63, 3.8) is 0 Å². The first kappa shape index (κ1) is 13.8. The van der Waals surface area contributed by atoms with Crippen LogP contribution in [-0.4, -0.2) is 15.1 Å². The second-order valence-corrected chi connectivity index (χ2v) is 4.49. The molecule has 0 spiro atoms. The number of rotatable bonds is 3. The van der Waals surface area contributed by atoms with Crippen molar-refractivity contribution < 1.29 is 9.66 Å². The Kier molecular flexibility index (Phi) is 4.04. The van der Waals surface area contributed by atoms with E-state index in [1.807, 2.05) is 0 Å². The van der Waals surface area contributed by atoms with Gasteiger partial charge in [-0.2, -0.15) is 0 Å². The number of nitro benzene ring substituents is 1. The van der Waals surface area contributed by atoms with Crippen LogP contribution in [-0.2, 0) is 0 Å². The molecule has 1 aromatic carbocycles. The summed E-state index contributed by atoms with van der Waals surface area (Å²) < 4.78 is 5.31. The summed E-state index contributed by atoms with van der Waals surface area (Å²) in [6, 6.07) is 5.19. The van der Waals surface area contributed by atoms with E-state index in [1.54, 1.807) is 0 Å². The van der Waals surface area contributed by atoms with Crippen LogP contribution in [0.25, 0.3) is 0 Å². The molecule has 0 fully saturated rings. The van der Waals surface area contributed by atoms with Crippen molar-refractivity contribution in [1.82, 2.24) is 10.2 Å². The van der Waals surface area contributed by atoms with Crippen LogP contribution in [0.5, 0.6) is 11.6 Å². The highest BCUT2D eigenvalue weighted by atomic mass is 35.5. The van der Waals surface area contributed by atoms with Gasteiger partial charge in [0.15, 0.2) is 10.9 Å². The van der Waals surface area contributed by atoms with Crippen molar-refractivity contribution in [2.45, 2.75) is 0 Å². The first-order valence-corrected chi connectivity index (χ1v) is 5.91. The molecule has 0 radical (unpaired) electrons. The highest BCUT2D eigenvalue weighted by Gasteiger charge is 2.16. The summed E-state index contributed by atoms with van der Waals surface area (Å²) >= 11 is 17.3. The van der Waals surface area contributed by atoms with Gasteiger partial charge in [-0.15, -0.1) is 10.2 Å². The lowest BCUT2D eigenvalue weighted by Gasteiger charge is -2.07. The van der Waals surface area contributed by atoms with Crippen LogP contribution in [0.4, 0.5) is 5.69 Å². The Balaban J connectivity index is 2.35. The molecular formula is C10H4Cl3N3O3. The van der Waals surface area contributed by atoms with E-state index in [0.29, 0.717) is 0 Å². The number of halogens is 3. The lowest BCUT2D eigenvalue weighted by molar-refractivity contribution is -0.384. The molecule has 0 aliphatic carbocycles. The second-order valence-electron chi connectivity index (χ2n) is 3.29. The van der Waals surface area contributed by atoms with Gasteiger partial charge in [-0.1, -0.05) is 34.8 Å². The number of hydrogen-bond donors (Lipinski definition) is 0. The Hall–Kier alpha value is -1.63. The molecule has 0 bridgehead atoms. The molecule has 0 unspecified atom stereocenters. The molecule has 0 N–H and O–H groups in total. The lowest BCUT2D eigenvalue weighted by atomic mass is 10.3. The number of aromatic nitrogens is 2. The highest BCUT2D eigenvalue weighted by Crippen LogP contribution is 2.38. The third-order valence-corrected chi connectivity index (χ3v) is 2.77. The summed E-state index contributed by atoms with van der Waals surface area (Å²) in [6.07, 6.45) is 0. The minimum Gasteiger partial charge on any atom is -0.434 e. The number of ether oxygens (including phenoxy) is 1.